The summed E-state index contributed by atoms with van der Waals surface area (Å²) in [4.78, 5) is 17.9. The third-order valence-electron chi connectivity index (χ3n) is 6.76. The van der Waals surface area contributed by atoms with Crippen molar-refractivity contribution in [1.82, 2.24) is 10.2 Å². The van der Waals surface area contributed by atoms with Gasteiger partial charge in [0.05, 0.1) is 20.3 Å². The third-order valence-corrected chi connectivity index (χ3v) is 6.76. The van der Waals surface area contributed by atoms with Crippen LogP contribution >= 0.6 is 0 Å². The van der Waals surface area contributed by atoms with Crippen LogP contribution in [0.5, 0.6) is 23.0 Å². The standard InChI is InChI=1S/C28H31N3O5/c1-33-24-10-9-21(17-26(24)34-2)28(32)29-18-23(20-8-11-25-27(16-20)36-19-35-25)31-14-12-30(13-15-31)22-6-4-3-5-7-22/h3-11,16-17,23H,12-15,18-19H2,1-2H3,(H,29,32)/t23-/m1/s1. The Bertz CT molecular complexity index is 1200. The number of fused-ring (bicyclic) bond motifs is 1. The zero-order valence-electron chi connectivity index (χ0n) is 20.6. The second-order valence-electron chi connectivity index (χ2n) is 8.77. The van der Waals surface area contributed by atoms with Gasteiger partial charge in [-0.2, -0.15) is 0 Å². The van der Waals surface area contributed by atoms with E-state index >= 15 is 0 Å². The Morgan fingerprint density at radius 2 is 1.64 bits per heavy atom. The first kappa shape index (κ1) is 23.8. The highest BCUT2D eigenvalue weighted by Gasteiger charge is 2.27. The van der Waals surface area contributed by atoms with Gasteiger partial charge in [0, 0.05) is 44.0 Å². The Morgan fingerprint density at radius 1 is 0.889 bits per heavy atom. The van der Waals surface area contributed by atoms with E-state index in [9.17, 15) is 4.79 Å². The monoisotopic (exact) mass is 489 g/mol. The largest absolute Gasteiger partial charge is 0.493 e. The molecule has 0 saturated carbocycles. The maximum atomic E-state index is 13.1. The van der Waals surface area contributed by atoms with E-state index in [4.69, 9.17) is 18.9 Å². The van der Waals surface area contributed by atoms with E-state index in [2.05, 4.69) is 45.4 Å². The highest BCUT2D eigenvalue weighted by Crippen LogP contribution is 2.36. The van der Waals surface area contributed by atoms with E-state index in [1.54, 1.807) is 32.4 Å². The van der Waals surface area contributed by atoms with E-state index in [1.165, 1.54) is 5.69 Å². The van der Waals surface area contributed by atoms with Gasteiger partial charge in [0.1, 0.15) is 0 Å². The summed E-state index contributed by atoms with van der Waals surface area (Å²) in [5.41, 5.74) is 2.84. The highest BCUT2D eigenvalue weighted by atomic mass is 16.7. The van der Waals surface area contributed by atoms with Crippen LogP contribution in [0, 0.1) is 0 Å². The van der Waals surface area contributed by atoms with Gasteiger partial charge in [0.25, 0.3) is 5.91 Å². The smallest absolute Gasteiger partial charge is 0.251 e. The Kier molecular flexibility index (Phi) is 7.13. The molecular weight excluding hydrogens is 458 g/mol. The van der Waals surface area contributed by atoms with Gasteiger partial charge in [-0.3, -0.25) is 9.69 Å². The number of amides is 1. The molecule has 2 aliphatic heterocycles. The lowest BCUT2D eigenvalue weighted by atomic mass is 10.0. The quantitative estimate of drug-likeness (QED) is 0.517. The lowest BCUT2D eigenvalue weighted by molar-refractivity contribution is 0.0929. The molecule has 1 atom stereocenters. The van der Waals surface area contributed by atoms with Gasteiger partial charge in [-0.05, 0) is 48.0 Å². The predicted molar refractivity (Wildman–Crippen MR) is 137 cm³/mol. The van der Waals surface area contributed by atoms with Crippen LogP contribution in [-0.2, 0) is 0 Å². The Labute approximate surface area is 211 Å². The second-order valence-corrected chi connectivity index (χ2v) is 8.77. The summed E-state index contributed by atoms with van der Waals surface area (Å²) >= 11 is 0. The molecular formula is C28H31N3O5. The summed E-state index contributed by atoms with van der Waals surface area (Å²) in [6, 6.07) is 21.7. The van der Waals surface area contributed by atoms with E-state index in [0.29, 0.717) is 23.6 Å². The van der Waals surface area contributed by atoms with Gasteiger partial charge in [-0.1, -0.05) is 24.3 Å². The summed E-state index contributed by atoms with van der Waals surface area (Å²) in [7, 11) is 3.13. The van der Waals surface area contributed by atoms with Crippen molar-refractivity contribution in [3.8, 4) is 23.0 Å². The Hall–Kier alpha value is -3.91. The Morgan fingerprint density at radius 3 is 2.39 bits per heavy atom. The van der Waals surface area contributed by atoms with Crippen LogP contribution in [0.15, 0.2) is 66.7 Å². The first-order chi connectivity index (χ1) is 17.7. The fourth-order valence-corrected chi connectivity index (χ4v) is 4.78. The maximum Gasteiger partial charge on any atom is 0.251 e. The molecule has 1 saturated heterocycles. The number of methoxy groups -OCH3 is 2. The predicted octanol–water partition coefficient (Wildman–Crippen LogP) is 3.73. The van der Waals surface area contributed by atoms with Crippen LogP contribution in [0.3, 0.4) is 0 Å². The number of rotatable bonds is 8. The van der Waals surface area contributed by atoms with Crippen molar-refractivity contribution in [2.24, 2.45) is 0 Å². The number of benzene rings is 3. The molecule has 2 aliphatic rings. The molecule has 188 valence electrons. The molecule has 0 aliphatic carbocycles. The molecule has 0 aromatic heterocycles. The number of hydrogen-bond acceptors (Lipinski definition) is 7. The van der Waals surface area contributed by atoms with Crippen LogP contribution in [-0.4, -0.2) is 64.5 Å². The molecule has 3 aromatic rings. The SMILES string of the molecule is COc1ccc(C(=O)NC[C@H](c2ccc3c(c2)OCO3)N2CCN(c3ccccc3)CC2)cc1OC. The number of hydrogen-bond donors (Lipinski definition) is 1. The maximum absolute atomic E-state index is 13.1. The van der Waals surface area contributed by atoms with E-state index in [1.807, 2.05) is 18.2 Å². The first-order valence-electron chi connectivity index (χ1n) is 12.1. The van der Waals surface area contributed by atoms with E-state index in [0.717, 1.165) is 43.2 Å². The summed E-state index contributed by atoms with van der Waals surface area (Å²) in [5, 5.41) is 3.13. The fourth-order valence-electron chi connectivity index (χ4n) is 4.78. The number of ether oxygens (including phenoxy) is 4. The van der Waals surface area contributed by atoms with Crippen LogP contribution in [0.4, 0.5) is 5.69 Å². The lowest BCUT2D eigenvalue weighted by Gasteiger charge is -2.40. The van der Waals surface area contributed by atoms with Gasteiger partial charge < -0.3 is 29.2 Å². The number of carbonyl (C=O) groups excluding carboxylic acids is 1. The minimum atomic E-state index is -0.162. The third kappa shape index (κ3) is 5.04. The van der Waals surface area contributed by atoms with Crippen molar-refractivity contribution < 1.29 is 23.7 Å². The number of para-hydroxylation sites is 1. The summed E-state index contributed by atoms with van der Waals surface area (Å²) in [6.07, 6.45) is 0. The average molecular weight is 490 g/mol. The number of nitrogens with zero attached hydrogens (tertiary/aromatic N) is 2. The van der Waals surface area contributed by atoms with Gasteiger partial charge >= 0.3 is 0 Å². The van der Waals surface area contributed by atoms with Crippen molar-refractivity contribution in [2.45, 2.75) is 6.04 Å². The number of nitrogens with one attached hydrogen (secondary N) is 1. The van der Waals surface area contributed by atoms with E-state index in [-0.39, 0.29) is 18.7 Å². The van der Waals surface area contributed by atoms with Crippen LogP contribution < -0.4 is 29.2 Å². The zero-order valence-corrected chi connectivity index (χ0v) is 20.6. The highest BCUT2D eigenvalue weighted by molar-refractivity contribution is 5.94. The topological polar surface area (TPSA) is 72.5 Å². The van der Waals surface area contributed by atoms with Crippen molar-refractivity contribution in [2.75, 3.05) is 58.6 Å². The van der Waals surface area contributed by atoms with Crippen LogP contribution in [0.25, 0.3) is 0 Å². The van der Waals surface area contributed by atoms with Gasteiger partial charge in [-0.25, -0.2) is 0 Å². The molecule has 8 heteroatoms. The fraction of sp³-hybridized carbons (Fsp3) is 0.321. The molecule has 1 fully saturated rings. The zero-order chi connectivity index (χ0) is 24.9. The molecule has 0 unspecified atom stereocenters. The van der Waals surface area contributed by atoms with Crippen LogP contribution in [0.1, 0.15) is 22.0 Å². The second kappa shape index (κ2) is 10.8. The van der Waals surface area contributed by atoms with Gasteiger partial charge in [-0.15, -0.1) is 0 Å². The number of anilines is 1. The lowest BCUT2D eigenvalue weighted by Crippen LogP contribution is -2.50. The molecule has 36 heavy (non-hydrogen) atoms. The minimum Gasteiger partial charge on any atom is -0.493 e. The summed E-state index contributed by atoms with van der Waals surface area (Å²) in [5.74, 6) is 2.44. The van der Waals surface area contributed by atoms with Gasteiger partial charge in [0.2, 0.25) is 6.79 Å². The molecule has 1 amide bonds. The molecule has 3 aromatic carbocycles. The normalized spacial score (nSPS) is 15.9. The molecule has 8 nitrogen and oxygen atoms in total. The van der Waals surface area contributed by atoms with Crippen molar-refractivity contribution in [3.63, 3.8) is 0 Å². The van der Waals surface area contributed by atoms with Crippen LogP contribution in [0.2, 0.25) is 0 Å². The Balaban J connectivity index is 1.32. The molecule has 0 bridgehead atoms. The van der Waals surface area contributed by atoms with Gasteiger partial charge in [0.15, 0.2) is 23.0 Å². The average Bonchev–Trinajstić information content (AvgIpc) is 3.41. The van der Waals surface area contributed by atoms with Crippen molar-refractivity contribution in [3.05, 3.63) is 77.9 Å². The number of piperazine rings is 1. The molecule has 1 N–H and O–H groups in total. The molecule has 2 heterocycles. The number of carbonyl (C=O) groups is 1. The molecule has 0 spiro atoms. The summed E-state index contributed by atoms with van der Waals surface area (Å²) in [6.45, 7) is 4.26. The van der Waals surface area contributed by atoms with Crippen molar-refractivity contribution in [1.29, 1.82) is 0 Å². The minimum absolute atomic E-state index is 0.0125. The molecule has 0 radical (unpaired) electrons. The van der Waals surface area contributed by atoms with E-state index < -0.39 is 0 Å². The van der Waals surface area contributed by atoms with Crippen molar-refractivity contribution >= 4 is 11.6 Å². The summed E-state index contributed by atoms with van der Waals surface area (Å²) < 4.78 is 21.8. The first-order valence-corrected chi connectivity index (χ1v) is 12.1. The molecule has 5 rings (SSSR count).